The second-order valence-corrected chi connectivity index (χ2v) is 8.00. The highest BCUT2D eigenvalue weighted by Crippen LogP contribution is 2.14. The fourth-order valence-electron chi connectivity index (χ4n) is 2.52. The van der Waals surface area contributed by atoms with Crippen LogP contribution in [0.3, 0.4) is 0 Å². The van der Waals surface area contributed by atoms with Crippen LogP contribution in [0.1, 0.15) is 90.4 Å². The van der Waals surface area contributed by atoms with Gasteiger partial charge in [-0.15, -0.1) is 0 Å². The van der Waals surface area contributed by atoms with Crippen molar-refractivity contribution in [3.05, 3.63) is 0 Å². The van der Waals surface area contributed by atoms with Crippen molar-refractivity contribution in [1.82, 2.24) is 0 Å². The molecular weight excluding hydrogens is 320 g/mol. The van der Waals surface area contributed by atoms with E-state index in [0.29, 0.717) is 6.42 Å². The minimum Gasteiger partial charge on any atom is -0.725 e. The Morgan fingerprint density at radius 3 is 1.64 bits per heavy atom. The van der Waals surface area contributed by atoms with Gasteiger partial charge in [0.25, 0.3) is 0 Å². The van der Waals surface area contributed by atoms with E-state index in [1.807, 2.05) is 6.26 Å². The SMILES string of the molecule is CCCCCCCCCCCCCCC(OS(=O)(=O)[O-])[SH+]C. The van der Waals surface area contributed by atoms with Crippen LogP contribution < -0.4 is 0 Å². The summed E-state index contributed by atoms with van der Waals surface area (Å²) in [6, 6.07) is 0. The van der Waals surface area contributed by atoms with E-state index in [2.05, 4.69) is 11.1 Å². The van der Waals surface area contributed by atoms with E-state index >= 15 is 0 Å². The number of hydrogen-bond acceptors (Lipinski definition) is 4. The van der Waals surface area contributed by atoms with Gasteiger partial charge in [0.05, 0.1) is 6.26 Å². The summed E-state index contributed by atoms with van der Waals surface area (Å²) in [5.74, 6) is 0. The van der Waals surface area contributed by atoms with Crippen LogP contribution in [0, 0.1) is 0 Å². The Morgan fingerprint density at radius 1 is 0.864 bits per heavy atom. The summed E-state index contributed by atoms with van der Waals surface area (Å²) in [4.78, 5) is 0. The lowest BCUT2D eigenvalue weighted by atomic mass is 10.0. The molecule has 0 N–H and O–H groups in total. The molecule has 0 saturated heterocycles. The highest BCUT2D eigenvalue weighted by molar-refractivity contribution is 7.82. The number of thiol groups is 1. The highest BCUT2D eigenvalue weighted by atomic mass is 32.3. The van der Waals surface area contributed by atoms with E-state index < -0.39 is 15.8 Å². The Balaban J connectivity index is 3.32. The first kappa shape index (κ1) is 22.2. The summed E-state index contributed by atoms with van der Waals surface area (Å²) >= 11 is 0.805. The maximum Gasteiger partial charge on any atom is 0.231 e. The molecule has 0 saturated carbocycles. The van der Waals surface area contributed by atoms with Gasteiger partial charge in [-0.2, -0.15) is 0 Å². The molecule has 1 atom stereocenters. The predicted molar refractivity (Wildman–Crippen MR) is 94.9 cm³/mol. The van der Waals surface area contributed by atoms with Gasteiger partial charge < -0.3 is 4.55 Å². The zero-order chi connectivity index (χ0) is 16.7. The van der Waals surface area contributed by atoms with Crippen molar-refractivity contribution in [3.63, 3.8) is 0 Å². The molecule has 0 aromatic carbocycles. The normalized spacial score (nSPS) is 13.4. The minimum absolute atomic E-state index is 0.467. The van der Waals surface area contributed by atoms with Crippen LogP contribution in [0.15, 0.2) is 0 Å². The molecule has 6 heteroatoms. The Hall–Kier alpha value is 0.220. The van der Waals surface area contributed by atoms with E-state index in [0.717, 1.165) is 24.6 Å². The molecule has 0 amide bonds. The average Bonchev–Trinajstić information content (AvgIpc) is 2.46. The van der Waals surface area contributed by atoms with Crippen molar-refractivity contribution in [2.24, 2.45) is 0 Å². The zero-order valence-electron chi connectivity index (χ0n) is 14.3. The molecule has 0 rings (SSSR count). The van der Waals surface area contributed by atoms with E-state index in [4.69, 9.17) is 0 Å². The standard InChI is InChI=1S/C16H34O4S2/c1-3-4-5-6-7-8-9-10-11-12-13-14-15-16(21-2)20-22(17,18)19/h16H,3-15H2,1-2H3,(H,17,18,19). The first-order chi connectivity index (χ1) is 10.5. The average molecular weight is 355 g/mol. The molecule has 0 aliphatic rings. The van der Waals surface area contributed by atoms with Gasteiger partial charge in [-0.05, 0) is 6.42 Å². The van der Waals surface area contributed by atoms with E-state index in [1.165, 1.54) is 64.2 Å². The number of hydrogen-bond donors (Lipinski definition) is 0. The van der Waals surface area contributed by atoms with Crippen LogP contribution in [-0.4, -0.2) is 24.7 Å². The quantitative estimate of drug-likeness (QED) is 0.136. The van der Waals surface area contributed by atoms with Crippen LogP contribution in [0.2, 0.25) is 0 Å². The van der Waals surface area contributed by atoms with Crippen LogP contribution in [0.4, 0.5) is 0 Å². The first-order valence-corrected chi connectivity index (χ1v) is 11.5. The third-order valence-electron chi connectivity index (χ3n) is 3.82. The zero-order valence-corrected chi connectivity index (χ0v) is 16.0. The van der Waals surface area contributed by atoms with Gasteiger partial charge in [0.1, 0.15) is 0 Å². The first-order valence-electron chi connectivity index (χ1n) is 8.72. The summed E-state index contributed by atoms with van der Waals surface area (Å²) in [7, 11) is -4.56. The van der Waals surface area contributed by atoms with Crippen molar-refractivity contribution < 1.29 is 17.2 Å². The molecule has 1 unspecified atom stereocenters. The Labute approximate surface area is 141 Å². The molecular formula is C16H34O4S2. The third kappa shape index (κ3) is 16.6. The summed E-state index contributed by atoms with van der Waals surface area (Å²) in [5.41, 5.74) is -0.467. The van der Waals surface area contributed by atoms with Crippen LogP contribution >= 0.6 is 0 Å². The van der Waals surface area contributed by atoms with Crippen molar-refractivity contribution >= 4 is 22.2 Å². The summed E-state index contributed by atoms with van der Waals surface area (Å²) in [5, 5.41) is 0. The van der Waals surface area contributed by atoms with Crippen molar-refractivity contribution in [3.8, 4) is 0 Å². The lowest BCUT2D eigenvalue weighted by molar-refractivity contribution is 0.231. The predicted octanol–water partition coefficient (Wildman–Crippen LogP) is 4.33. The van der Waals surface area contributed by atoms with Crippen LogP contribution in [-0.2, 0) is 26.3 Å². The molecule has 0 fully saturated rings. The molecule has 0 aliphatic heterocycles. The monoisotopic (exact) mass is 354 g/mol. The van der Waals surface area contributed by atoms with Crippen LogP contribution in [0.5, 0.6) is 0 Å². The van der Waals surface area contributed by atoms with Gasteiger partial charge >= 0.3 is 0 Å². The molecule has 0 aromatic rings. The fraction of sp³-hybridized carbons (Fsp3) is 1.00. The Kier molecular flexibility index (Phi) is 14.9. The van der Waals surface area contributed by atoms with E-state index in [1.54, 1.807) is 0 Å². The molecule has 0 spiro atoms. The highest BCUT2D eigenvalue weighted by Gasteiger charge is 2.16. The van der Waals surface area contributed by atoms with Crippen molar-refractivity contribution in [2.45, 2.75) is 95.8 Å². The fourth-order valence-corrected chi connectivity index (χ4v) is 3.99. The number of unbranched alkanes of at least 4 members (excludes halogenated alkanes) is 11. The van der Waals surface area contributed by atoms with Crippen molar-refractivity contribution in [2.75, 3.05) is 6.26 Å². The third-order valence-corrected chi connectivity index (χ3v) is 5.37. The largest absolute Gasteiger partial charge is 0.725 e. The molecule has 0 aliphatic carbocycles. The second-order valence-electron chi connectivity index (χ2n) is 5.90. The maximum absolute atomic E-state index is 10.5. The van der Waals surface area contributed by atoms with E-state index in [9.17, 15) is 13.0 Å². The van der Waals surface area contributed by atoms with Gasteiger partial charge in [-0.3, -0.25) is 0 Å². The van der Waals surface area contributed by atoms with Gasteiger partial charge in [-0.1, -0.05) is 77.6 Å². The van der Waals surface area contributed by atoms with Gasteiger partial charge in [0.15, 0.2) is 0 Å². The molecule has 0 aromatic heterocycles. The summed E-state index contributed by atoms with van der Waals surface area (Å²) in [6.45, 7) is 2.24. The van der Waals surface area contributed by atoms with Crippen molar-refractivity contribution in [1.29, 1.82) is 0 Å². The molecule has 4 nitrogen and oxygen atoms in total. The lowest BCUT2D eigenvalue weighted by Gasteiger charge is -2.12. The van der Waals surface area contributed by atoms with Gasteiger partial charge in [-0.25, -0.2) is 12.6 Å². The number of rotatable bonds is 16. The smallest absolute Gasteiger partial charge is 0.231 e. The molecule has 134 valence electrons. The molecule has 0 radical (unpaired) electrons. The van der Waals surface area contributed by atoms with Crippen LogP contribution in [0.25, 0.3) is 0 Å². The Bertz CT molecular complexity index is 331. The minimum atomic E-state index is -4.56. The van der Waals surface area contributed by atoms with Gasteiger partial charge in [0, 0.05) is 18.2 Å². The maximum atomic E-state index is 10.5. The Morgan fingerprint density at radius 2 is 1.27 bits per heavy atom. The van der Waals surface area contributed by atoms with E-state index in [-0.39, 0.29) is 0 Å². The topological polar surface area (TPSA) is 66.4 Å². The summed E-state index contributed by atoms with van der Waals surface area (Å²) in [6.07, 6.45) is 17.7. The molecule has 0 bridgehead atoms. The molecule has 0 heterocycles. The summed E-state index contributed by atoms with van der Waals surface area (Å²) < 4.78 is 36.1. The molecule has 22 heavy (non-hydrogen) atoms. The van der Waals surface area contributed by atoms with Gasteiger partial charge in [0.2, 0.25) is 15.8 Å². The second kappa shape index (κ2) is 14.8. The lowest BCUT2D eigenvalue weighted by Crippen LogP contribution is -2.19.